The fourth-order valence-electron chi connectivity index (χ4n) is 4.48. The number of hydrogen-bond acceptors (Lipinski definition) is 6. The van der Waals surface area contributed by atoms with Crippen molar-refractivity contribution in [2.45, 2.75) is 33.2 Å². The van der Waals surface area contributed by atoms with E-state index in [9.17, 15) is 9.90 Å². The molecule has 31 heavy (non-hydrogen) atoms. The minimum Gasteiger partial charge on any atom is -0.507 e. The maximum absolute atomic E-state index is 13.2. The number of ketones is 1. The molecule has 0 saturated carbocycles. The van der Waals surface area contributed by atoms with E-state index in [1.165, 1.54) is 6.42 Å². The number of carbonyl (C=O) groups excluding carboxylic acids is 1. The van der Waals surface area contributed by atoms with Crippen molar-refractivity contribution < 1.29 is 24.1 Å². The number of methoxy groups -OCH3 is 2. The van der Waals surface area contributed by atoms with Crippen molar-refractivity contribution >= 4 is 11.9 Å². The molecule has 1 atom stereocenters. The fraction of sp³-hybridized carbons (Fsp3) is 0.400. The van der Waals surface area contributed by atoms with Gasteiger partial charge in [0.1, 0.15) is 11.5 Å². The number of aromatic hydroxyl groups is 1. The number of phenolic OH excluding ortho intramolecular Hbond substituents is 1. The lowest BCUT2D eigenvalue weighted by atomic mass is 9.97. The molecular formula is C25H29NO5. The zero-order valence-corrected chi connectivity index (χ0v) is 18.5. The Hall–Kier alpha value is -2.99. The van der Waals surface area contributed by atoms with Crippen LogP contribution in [0.4, 0.5) is 0 Å². The molecule has 6 heteroatoms. The number of Topliss-reactive ketones (excluding diaryl/α,β-unsaturated/α-hetero) is 1. The van der Waals surface area contributed by atoms with Crippen molar-refractivity contribution in [2.24, 2.45) is 5.92 Å². The van der Waals surface area contributed by atoms with Gasteiger partial charge in [0.05, 0.1) is 25.3 Å². The second-order valence-electron chi connectivity index (χ2n) is 8.43. The Balaban J connectivity index is 1.68. The van der Waals surface area contributed by atoms with E-state index in [1.807, 2.05) is 13.0 Å². The summed E-state index contributed by atoms with van der Waals surface area (Å²) >= 11 is 0. The van der Waals surface area contributed by atoms with E-state index in [0.717, 1.165) is 25.1 Å². The van der Waals surface area contributed by atoms with E-state index in [1.54, 1.807) is 38.5 Å². The summed E-state index contributed by atoms with van der Waals surface area (Å²) < 4.78 is 16.7. The number of phenols is 1. The van der Waals surface area contributed by atoms with Crippen LogP contribution in [-0.4, -0.2) is 43.1 Å². The highest BCUT2D eigenvalue weighted by Gasteiger charge is 2.34. The summed E-state index contributed by atoms with van der Waals surface area (Å²) in [4.78, 5) is 15.5. The largest absolute Gasteiger partial charge is 0.507 e. The first kappa shape index (κ1) is 21.2. The molecule has 164 valence electrons. The molecule has 0 amide bonds. The first-order chi connectivity index (χ1) is 14.9. The summed E-state index contributed by atoms with van der Waals surface area (Å²) in [5.74, 6) is 2.54. The number of benzene rings is 2. The van der Waals surface area contributed by atoms with E-state index in [0.29, 0.717) is 46.4 Å². The first-order valence-electron chi connectivity index (χ1n) is 10.6. The summed E-state index contributed by atoms with van der Waals surface area (Å²) in [6, 6.07) is 7.10. The van der Waals surface area contributed by atoms with Gasteiger partial charge in [-0.25, -0.2) is 0 Å². The minimum absolute atomic E-state index is 0.171. The number of carbonyl (C=O) groups is 1. The molecule has 2 aliphatic rings. The molecule has 2 aliphatic heterocycles. The maximum atomic E-state index is 13.2. The summed E-state index contributed by atoms with van der Waals surface area (Å²) in [6.07, 6.45) is 4.06. The SMILES string of the molecule is COc1ccc(/C=C2/Oc3c(CN4CCCC(C)C4)c(O)cc(C)c3C2=O)cc1OC. The predicted molar refractivity (Wildman–Crippen MR) is 119 cm³/mol. The number of aryl methyl sites for hydroxylation is 1. The van der Waals surface area contributed by atoms with Crippen LogP contribution in [0.3, 0.4) is 0 Å². The molecule has 6 nitrogen and oxygen atoms in total. The van der Waals surface area contributed by atoms with E-state index in [2.05, 4.69) is 11.8 Å². The molecule has 1 unspecified atom stereocenters. The standard InChI is InChI=1S/C25H29NO5/c1-15-6-5-9-26(13-15)14-18-19(27)10-16(2)23-24(28)22(31-25(18)23)12-17-7-8-20(29-3)21(11-17)30-4/h7-8,10-12,15,27H,5-6,9,13-14H2,1-4H3/b22-12+. The topological polar surface area (TPSA) is 68.2 Å². The highest BCUT2D eigenvalue weighted by Crippen LogP contribution is 2.43. The minimum atomic E-state index is -0.171. The van der Waals surface area contributed by atoms with Gasteiger partial charge in [0.25, 0.3) is 0 Å². The Kier molecular flexibility index (Phi) is 5.92. The van der Waals surface area contributed by atoms with Gasteiger partial charge in [-0.05, 0) is 67.6 Å². The van der Waals surface area contributed by atoms with E-state index in [4.69, 9.17) is 14.2 Å². The number of fused-ring (bicyclic) bond motifs is 1. The van der Waals surface area contributed by atoms with Crippen LogP contribution in [0, 0.1) is 12.8 Å². The summed E-state index contributed by atoms with van der Waals surface area (Å²) in [5.41, 5.74) is 2.69. The number of hydrogen-bond donors (Lipinski definition) is 1. The first-order valence-corrected chi connectivity index (χ1v) is 10.6. The van der Waals surface area contributed by atoms with Gasteiger partial charge in [-0.1, -0.05) is 13.0 Å². The molecule has 4 rings (SSSR count). The van der Waals surface area contributed by atoms with Crippen LogP contribution < -0.4 is 14.2 Å². The van der Waals surface area contributed by atoms with Crippen molar-refractivity contribution in [3.05, 3.63) is 52.3 Å². The Labute approximate surface area is 183 Å². The smallest absolute Gasteiger partial charge is 0.232 e. The summed E-state index contributed by atoms with van der Waals surface area (Å²) in [5, 5.41) is 10.7. The van der Waals surface area contributed by atoms with Gasteiger partial charge < -0.3 is 19.3 Å². The van der Waals surface area contributed by atoms with Crippen LogP contribution >= 0.6 is 0 Å². The van der Waals surface area contributed by atoms with Crippen molar-refractivity contribution in [1.82, 2.24) is 4.90 Å². The second-order valence-corrected chi connectivity index (χ2v) is 8.43. The third-order valence-electron chi connectivity index (χ3n) is 6.05. The zero-order chi connectivity index (χ0) is 22.1. The van der Waals surface area contributed by atoms with Crippen LogP contribution in [0.5, 0.6) is 23.0 Å². The number of piperidine rings is 1. The molecule has 1 N–H and O–H groups in total. The van der Waals surface area contributed by atoms with Gasteiger partial charge in [-0.3, -0.25) is 9.69 Å². The average molecular weight is 424 g/mol. The van der Waals surface area contributed by atoms with Crippen LogP contribution in [0.2, 0.25) is 0 Å². The van der Waals surface area contributed by atoms with Crippen LogP contribution in [0.15, 0.2) is 30.0 Å². The Morgan fingerprint density at radius 2 is 2.00 bits per heavy atom. The summed E-state index contributed by atoms with van der Waals surface area (Å²) in [6.45, 7) is 6.59. The Morgan fingerprint density at radius 1 is 1.23 bits per heavy atom. The third kappa shape index (κ3) is 4.12. The molecule has 1 saturated heterocycles. The van der Waals surface area contributed by atoms with Gasteiger partial charge in [0.2, 0.25) is 5.78 Å². The quantitative estimate of drug-likeness (QED) is 0.711. The molecule has 2 aromatic carbocycles. The van der Waals surface area contributed by atoms with Crippen molar-refractivity contribution in [1.29, 1.82) is 0 Å². The van der Waals surface area contributed by atoms with E-state index < -0.39 is 0 Å². The lowest BCUT2D eigenvalue weighted by molar-refractivity contribution is 0.101. The average Bonchev–Trinajstić information content (AvgIpc) is 3.07. The highest BCUT2D eigenvalue weighted by atomic mass is 16.5. The molecular weight excluding hydrogens is 394 g/mol. The van der Waals surface area contributed by atoms with Gasteiger partial charge in [-0.2, -0.15) is 0 Å². The lowest BCUT2D eigenvalue weighted by Crippen LogP contribution is -2.33. The zero-order valence-electron chi connectivity index (χ0n) is 18.5. The number of rotatable bonds is 5. The third-order valence-corrected chi connectivity index (χ3v) is 6.05. The number of allylic oxidation sites excluding steroid dienone is 1. The summed E-state index contributed by atoms with van der Waals surface area (Å²) in [7, 11) is 3.15. The van der Waals surface area contributed by atoms with Crippen molar-refractivity contribution in [3.63, 3.8) is 0 Å². The Bertz CT molecular complexity index is 1040. The van der Waals surface area contributed by atoms with Crippen molar-refractivity contribution in [2.75, 3.05) is 27.3 Å². The molecule has 2 heterocycles. The normalized spacial score (nSPS) is 19.9. The van der Waals surface area contributed by atoms with Crippen LogP contribution in [0.25, 0.3) is 6.08 Å². The second kappa shape index (κ2) is 8.63. The molecule has 1 fully saturated rings. The number of likely N-dealkylation sites (tertiary alicyclic amines) is 1. The van der Waals surface area contributed by atoms with Gasteiger partial charge >= 0.3 is 0 Å². The maximum Gasteiger partial charge on any atom is 0.232 e. The number of nitrogens with zero attached hydrogens (tertiary/aromatic N) is 1. The molecule has 0 spiro atoms. The number of ether oxygens (including phenoxy) is 3. The molecule has 0 aliphatic carbocycles. The van der Waals surface area contributed by atoms with Crippen LogP contribution in [0.1, 0.15) is 46.8 Å². The van der Waals surface area contributed by atoms with E-state index in [-0.39, 0.29) is 17.3 Å². The fourth-order valence-corrected chi connectivity index (χ4v) is 4.48. The molecule has 0 aromatic heterocycles. The molecule has 0 bridgehead atoms. The van der Waals surface area contributed by atoms with E-state index >= 15 is 0 Å². The molecule has 0 radical (unpaired) electrons. The predicted octanol–water partition coefficient (Wildman–Crippen LogP) is 4.57. The van der Waals surface area contributed by atoms with Gasteiger partial charge in [0, 0.05) is 13.1 Å². The van der Waals surface area contributed by atoms with Gasteiger partial charge in [0.15, 0.2) is 17.3 Å². The highest BCUT2D eigenvalue weighted by molar-refractivity contribution is 6.15. The lowest BCUT2D eigenvalue weighted by Gasteiger charge is -2.31. The van der Waals surface area contributed by atoms with Gasteiger partial charge in [-0.15, -0.1) is 0 Å². The molecule has 2 aromatic rings. The van der Waals surface area contributed by atoms with Crippen LogP contribution in [-0.2, 0) is 6.54 Å². The van der Waals surface area contributed by atoms with Crippen molar-refractivity contribution in [3.8, 4) is 23.0 Å². The Morgan fingerprint density at radius 3 is 2.71 bits per heavy atom. The monoisotopic (exact) mass is 423 g/mol.